The maximum Gasteiger partial charge on any atom is 0.258 e. The van der Waals surface area contributed by atoms with Gasteiger partial charge in [0.15, 0.2) is 0 Å². The molecule has 9 heteroatoms. The molecule has 0 bridgehead atoms. The Morgan fingerprint density at radius 3 is 2.39 bits per heavy atom. The van der Waals surface area contributed by atoms with Gasteiger partial charge in [0.1, 0.15) is 17.5 Å². The number of terminal acetylenes is 1. The minimum Gasteiger partial charge on any atom is -0.363 e. The number of rotatable bonds is 5. The Morgan fingerprint density at radius 2 is 1.79 bits per heavy atom. The fourth-order valence-corrected chi connectivity index (χ4v) is 2.97. The fourth-order valence-electron chi connectivity index (χ4n) is 2.86. The predicted octanol–water partition coefficient (Wildman–Crippen LogP) is 4.25. The molecule has 0 aliphatic rings. The SMILES string of the molecule is C#Cc1ccc(NC(=O)c2ccc(C(=N)N(C)C)cc2F)c(C(=O)Nc2ccc(Cl)cn2)c1. The number of nitrogens with one attached hydrogen (secondary N) is 3. The predicted molar refractivity (Wildman–Crippen MR) is 126 cm³/mol. The molecule has 1 aromatic heterocycles. The Kier molecular flexibility index (Phi) is 7.06. The summed E-state index contributed by atoms with van der Waals surface area (Å²) < 4.78 is 14.6. The average molecular weight is 464 g/mol. The van der Waals surface area contributed by atoms with E-state index in [0.717, 1.165) is 6.07 Å². The number of hydrogen-bond donors (Lipinski definition) is 3. The van der Waals surface area contributed by atoms with Gasteiger partial charge < -0.3 is 15.5 Å². The Bertz CT molecular complexity index is 1280. The topological polar surface area (TPSA) is 98.2 Å². The summed E-state index contributed by atoms with van der Waals surface area (Å²) in [6, 6.07) is 11.4. The van der Waals surface area contributed by atoms with Crippen LogP contribution < -0.4 is 10.6 Å². The number of hydrogen-bond acceptors (Lipinski definition) is 4. The number of pyridine rings is 1. The van der Waals surface area contributed by atoms with E-state index in [0.29, 0.717) is 16.1 Å². The van der Waals surface area contributed by atoms with Gasteiger partial charge in [-0.3, -0.25) is 15.0 Å². The van der Waals surface area contributed by atoms with Crippen LogP contribution in [0.25, 0.3) is 0 Å². The maximum atomic E-state index is 14.6. The number of nitrogens with zero attached hydrogens (tertiary/aromatic N) is 2. The smallest absolute Gasteiger partial charge is 0.258 e. The summed E-state index contributed by atoms with van der Waals surface area (Å²) in [4.78, 5) is 31.1. The number of aromatic nitrogens is 1. The molecule has 0 saturated carbocycles. The first kappa shape index (κ1) is 23.4. The summed E-state index contributed by atoms with van der Waals surface area (Å²) in [5.74, 6) is 0.641. The Balaban J connectivity index is 1.88. The van der Waals surface area contributed by atoms with Crippen molar-refractivity contribution < 1.29 is 14.0 Å². The van der Waals surface area contributed by atoms with Crippen molar-refractivity contribution in [3.63, 3.8) is 0 Å². The van der Waals surface area contributed by atoms with Gasteiger partial charge >= 0.3 is 0 Å². The molecule has 0 aliphatic carbocycles. The van der Waals surface area contributed by atoms with Gasteiger partial charge in [-0.05, 0) is 42.5 Å². The molecule has 33 heavy (non-hydrogen) atoms. The zero-order chi connectivity index (χ0) is 24.1. The summed E-state index contributed by atoms with van der Waals surface area (Å²) in [6.07, 6.45) is 6.82. The van der Waals surface area contributed by atoms with E-state index in [9.17, 15) is 14.0 Å². The van der Waals surface area contributed by atoms with Crippen LogP contribution in [0, 0.1) is 23.6 Å². The summed E-state index contributed by atoms with van der Waals surface area (Å²) in [5.41, 5.74) is 0.705. The molecule has 0 atom stereocenters. The number of carbonyl (C=O) groups excluding carboxylic acids is 2. The van der Waals surface area contributed by atoms with Crippen molar-refractivity contribution in [2.24, 2.45) is 0 Å². The molecule has 166 valence electrons. The zero-order valence-electron chi connectivity index (χ0n) is 17.7. The first-order valence-corrected chi connectivity index (χ1v) is 9.98. The molecule has 3 aromatic rings. The maximum absolute atomic E-state index is 14.6. The molecule has 0 spiro atoms. The molecule has 0 saturated heterocycles. The highest BCUT2D eigenvalue weighted by Crippen LogP contribution is 2.21. The number of amidine groups is 1. The van der Waals surface area contributed by atoms with Gasteiger partial charge in [0, 0.05) is 31.4 Å². The lowest BCUT2D eigenvalue weighted by atomic mass is 10.1. The second kappa shape index (κ2) is 9.94. The third-order valence-corrected chi connectivity index (χ3v) is 4.81. The van der Waals surface area contributed by atoms with Gasteiger partial charge in [-0.15, -0.1) is 6.42 Å². The molecule has 1 heterocycles. The molecule has 0 radical (unpaired) electrons. The molecule has 0 unspecified atom stereocenters. The third-order valence-electron chi connectivity index (χ3n) is 4.58. The minimum absolute atomic E-state index is 0.0713. The van der Waals surface area contributed by atoms with E-state index in [4.69, 9.17) is 23.4 Å². The summed E-state index contributed by atoms with van der Waals surface area (Å²) in [6.45, 7) is 0. The van der Waals surface area contributed by atoms with Crippen molar-refractivity contribution in [1.29, 1.82) is 5.41 Å². The van der Waals surface area contributed by atoms with Crippen LogP contribution in [0.1, 0.15) is 31.8 Å². The lowest BCUT2D eigenvalue weighted by molar-refractivity contribution is 0.102. The van der Waals surface area contributed by atoms with Crippen LogP contribution in [-0.2, 0) is 0 Å². The molecule has 7 nitrogen and oxygen atoms in total. The zero-order valence-corrected chi connectivity index (χ0v) is 18.5. The van der Waals surface area contributed by atoms with Crippen LogP contribution in [0.2, 0.25) is 5.02 Å². The lowest BCUT2D eigenvalue weighted by Gasteiger charge is -2.15. The van der Waals surface area contributed by atoms with Crippen molar-refractivity contribution in [2.75, 3.05) is 24.7 Å². The minimum atomic E-state index is -0.798. The van der Waals surface area contributed by atoms with Gasteiger partial charge in [-0.1, -0.05) is 23.6 Å². The van der Waals surface area contributed by atoms with Crippen molar-refractivity contribution >= 4 is 40.8 Å². The van der Waals surface area contributed by atoms with E-state index in [1.807, 2.05) is 0 Å². The monoisotopic (exact) mass is 463 g/mol. The lowest BCUT2D eigenvalue weighted by Crippen LogP contribution is -2.23. The number of benzene rings is 2. The largest absolute Gasteiger partial charge is 0.363 e. The van der Waals surface area contributed by atoms with E-state index < -0.39 is 17.6 Å². The van der Waals surface area contributed by atoms with Crippen molar-refractivity contribution in [3.05, 3.63) is 87.8 Å². The standard InChI is InChI=1S/C24H19ClFN5O2/c1-4-14-5-9-20(18(11-14)24(33)30-21-10-7-16(25)13-28-21)29-23(32)17-8-6-15(12-19(17)26)22(27)31(2)3/h1,5-13,27H,2-3H3,(H,29,32)(H,28,30,33). The van der Waals surface area contributed by atoms with E-state index in [-0.39, 0.29) is 28.5 Å². The highest BCUT2D eigenvalue weighted by atomic mass is 35.5. The average Bonchev–Trinajstić information content (AvgIpc) is 2.79. The molecular formula is C24H19ClFN5O2. The van der Waals surface area contributed by atoms with Crippen LogP contribution in [0.15, 0.2) is 54.7 Å². The first-order valence-electron chi connectivity index (χ1n) is 9.60. The van der Waals surface area contributed by atoms with Gasteiger partial charge in [0.2, 0.25) is 0 Å². The fraction of sp³-hybridized carbons (Fsp3) is 0.0833. The molecule has 3 rings (SSSR count). The number of carbonyl (C=O) groups is 2. The Morgan fingerprint density at radius 1 is 1.06 bits per heavy atom. The van der Waals surface area contributed by atoms with Gasteiger partial charge in [0.05, 0.1) is 21.8 Å². The normalized spacial score (nSPS) is 10.2. The van der Waals surface area contributed by atoms with E-state index in [1.165, 1.54) is 41.4 Å². The second-order valence-electron chi connectivity index (χ2n) is 7.11. The van der Waals surface area contributed by atoms with E-state index in [2.05, 4.69) is 21.5 Å². The van der Waals surface area contributed by atoms with Gasteiger partial charge in [-0.25, -0.2) is 9.37 Å². The van der Waals surface area contributed by atoms with E-state index >= 15 is 0 Å². The van der Waals surface area contributed by atoms with E-state index in [1.54, 1.807) is 26.2 Å². The van der Waals surface area contributed by atoms with Crippen molar-refractivity contribution in [3.8, 4) is 12.3 Å². The molecule has 3 N–H and O–H groups in total. The van der Waals surface area contributed by atoms with Crippen molar-refractivity contribution in [1.82, 2.24) is 9.88 Å². The van der Waals surface area contributed by atoms with Gasteiger partial charge in [-0.2, -0.15) is 0 Å². The highest BCUT2D eigenvalue weighted by molar-refractivity contribution is 6.30. The van der Waals surface area contributed by atoms with Crippen LogP contribution in [0.3, 0.4) is 0 Å². The molecular weight excluding hydrogens is 445 g/mol. The molecule has 0 aliphatic heterocycles. The third kappa shape index (κ3) is 5.53. The number of halogens is 2. The number of anilines is 2. The summed E-state index contributed by atoms with van der Waals surface area (Å²) >= 11 is 5.81. The summed E-state index contributed by atoms with van der Waals surface area (Å²) in [7, 11) is 3.32. The highest BCUT2D eigenvalue weighted by Gasteiger charge is 2.19. The molecule has 2 aromatic carbocycles. The first-order chi connectivity index (χ1) is 15.7. The van der Waals surface area contributed by atoms with Crippen LogP contribution in [0.4, 0.5) is 15.9 Å². The Hall–Kier alpha value is -4.22. The number of amides is 2. The van der Waals surface area contributed by atoms with Crippen LogP contribution in [0.5, 0.6) is 0 Å². The molecule has 2 amide bonds. The Labute approximate surface area is 195 Å². The van der Waals surface area contributed by atoms with Crippen LogP contribution >= 0.6 is 11.6 Å². The molecule has 0 fully saturated rings. The quantitative estimate of drug-likeness (QED) is 0.299. The van der Waals surface area contributed by atoms with Crippen molar-refractivity contribution in [2.45, 2.75) is 0 Å². The van der Waals surface area contributed by atoms with Crippen LogP contribution in [-0.4, -0.2) is 41.6 Å². The summed E-state index contributed by atoms with van der Waals surface area (Å²) in [5, 5.41) is 13.5. The van der Waals surface area contributed by atoms with Gasteiger partial charge in [0.25, 0.3) is 11.8 Å². The second-order valence-corrected chi connectivity index (χ2v) is 7.55.